The number of benzene rings is 12. The monoisotopic (exact) mass is 934 g/mol. The van der Waals surface area contributed by atoms with Gasteiger partial charge >= 0.3 is 0 Å². The minimum atomic E-state index is 0.837. The number of nitrogens with zero attached hydrogens (tertiary/aromatic N) is 2. The Morgan fingerprint density at radius 3 is 0.918 bits per heavy atom. The Labute approximate surface area is 419 Å². The second-order valence-electron chi connectivity index (χ2n) is 18.7. The van der Waals surface area contributed by atoms with E-state index in [1.807, 2.05) is 12.1 Å². The number of para-hydroxylation sites is 6. The average molecular weight is 935 g/mol. The molecule has 0 atom stereocenters. The highest BCUT2D eigenvalue weighted by atomic mass is 16.3. The van der Waals surface area contributed by atoms with Crippen LogP contribution in [0.3, 0.4) is 0 Å². The summed E-state index contributed by atoms with van der Waals surface area (Å²) in [6, 6.07) is 90.2. The third kappa shape index (κ3) is 6.49. The Kier molecular flexibility index (Phi) is 9.19. The van der Waals surface area contributed by atoms with Crippen LogP contribution in [0, 0.1) is 0 Å². The molecule has 0 unspecified atom stereocenters. The van der Waals surface area contributed by atoms with Gasteiger partial charge in [0.2, 0.25) is 0 Å². The maximum absolute atomic E-state index is 7.36. The SMILES string of the molecule is c1ccc(N(c2ccccc2)c2ccc(-c3cc4c5cc(-c6ccc(N(c7ccccc7)c7ccccc7)cc6)c6c(ccc7oc8ccccc8c76)c5oc4c4ccc5oc6ccccc6c5c34)cc2)cc1. The third-order valence-corrected chi connectivity index (χ3v) is 14.6. The van der Waals surface area contributed by atoms with E-state index >= 15 is 0 Å². The fourth-order valence-electron chi connectivity index (χ4n) is 11.4. The molecule has 0 amide bonds. The summed E-state index contributed by atoms with van der Waals surface area (Å²) >= 11 is 0. The molecule has 0 saturated carbocycles. The Bertz CT molecular complexity index is 4210. The normalized spacial score (nSPS) is 11.8. The van der Waals surface area contributed by atoms with Gasteiger partial charge in [-0.2, -0.15) is 0 Å². The van der Waals surface area contributed by atoms with E-state index in [2.05, 4.69) is 252 Å². The largest absolute Gasteiger partial charge is 0.456 e. The van der Waals surface area contributed by atoms with Crippen LogP contribution in [-0.4, -0.2) is 0 Å². The second kappa shape index (κ2) is 16.4. The van der Waals surface area contributed by atoms with Gasteiger partial charge in [-0.05, 0) is 144 Å². The Balaban J connectivity index is 0.996. The minimum absolute atomic E-state index is 0.837. The molecule has 0 saturated heterocycles. The molecule has 0 bridgehead atoms. The van der Waals surface area contributed by atoms with Crippen molar-refractivity contribution in [3.05, 3.63) is 255 Å². The lowest BCUT2D eigenvalue weighted by atomic mass is 9.90. The number of rotatable bonds is 8. The van der Waals surface area contributed by atoms with E-state index in [-0.39, 0.29) is 0 Å². The molecule has 0 aliphatic heterocycles. The lowest BCUT2D eigenvalue weighted by Crippen LogP contribution is -2.09. The van der Waals surface area contributed by atoms with E-state index in [9.17, 15) is 0 Å². The predicted molar refractivity (Wildman–Crippen MR) is 304 cm³/mol. The zero-order valence-corrected chi connectivity index (χ0v) is 39.4. The van der Waals surface area contributed by atoms with Crippen molar-refractivity contribution in [2.24, 2.45) is 0 Å². The standard InChI is InChI=1S/C68H42N2O3/c1-5-17-45(18-6-1)69(46-19-7-2-8-20-46)49-33-29-43(30-34-49)55-41-57-58-42-56(44-31-35-50(36-32-44)70(47-21-9-3-10-22-47)48-23-11-4-12-24-48)64-54(38-40-62-66(64)52-26-14-16-28-60(52)72-62)68(58)73-67(57)53-37-39-61-65(63(53)55)51-25-13-15-27-59(51)71-61/h1-42H. The van der Waals surface area contributed by atoms with Crippen LogP contribution in [0.15, 0.2) is 268 Å². The van der Waals surface area contributed by atoms with E-state index in [0.717, 1.165) is 144 Å². The lowest BCUT2D eigenvalue weighted by molar-refractivity contribution is 0.669. The summed E-state index contributed by atoms with van der Waals surface area (Å²) in [7, 11) is 0. The van der Waals surface area contributed by atoms with Gasteiger partial charge in [-0.15, -0.1) is 0 Å². The number of furan rings is 3. The fraction of sp³-hybridized carbons (Fsp3) is 0. The van der Waals surface area contributed by atoms with Crippen molar-refractivity contribution >= 4 is 121 Å². The van der Waals surface area contributed by atoms with Gasteiger partial charge in [-0.1, -0.05) is 133 Å². The van der Waals surface area contributed by atoms with E-state index in [1.54, 1.807) is 0 Å². The molecule has 15 rings (SSSR count). The van der Waals surface area contributed by atoms with Crippen molar-refractivity contribution in [3.63, 3.8) is 0 Å². The van der Waals surface area contributed by atoms with Crippen molar-refractivity contribution in [3.8, 4) is 22.3 Å². The number of fused-ring (bicyclic) bond motifs is 15. The van der Waals surface area contributed by atoms with E-state index in [1.165, 1.54) is 0 Å². The molecule has 12 aromatic carbocycles. The summed E-state index contributed by atoms with van der Waals surface area (Å²) in [5, 5.41) is 10.6. The molecule has 0 spiro atoms. The van der Waals surface area contributed by atoms with Crippen LogP contribution in [0.1, 0.15) is 0 Å². The van der Waals surface area contributed by atoms with E-state index in [0.29, 0.717) is 0 Å². The number of hydrogen-bond donors (Lipinski definition) is 0. The molecule has 5 nitrogen and oxygen atoms in total. The molecule has 342 valence electrons. The highest BCUT2D eigenvalue weighted by Crippen LogP contribution is 2.50. The van der Waals surface area contributed by atoms with Gasteiger partial charge < -0.3 is 23.1 Å². The van der Waals surface area contributed by atoms with Crippen LogP contribution >= 0.6 is 0 Å². The summed E-state index contributed by atoms with van der Waals surface area (Å²) in [5.74, 6) is 0. The van der Waals surface area contributed by atoms with Crippen LogP contribution in [0.2, 0.25) is 0 Å². The van der Waals surface area contributed by atoms with Crippen molar-refractivity contribution in [2.45, 2.75) is 0 Å². The Morgan fingerprint density at radius 1 is 0.219 bits per heavy atom. The maximum atomic E-state index is 7.36. The lowest BCUT2D eigenvalue weighted by Gasteiger charge is -2.25. The summed E-state index contributed by atoms with van der Waals surface area (Å²) in [5.41, 5.74) is 15.9. The second-order valence-corrected chi connectivity index (χ2v) is 18.7. The summed E-state index contributed by atoms with van der Waals surface area (Å²) in [6.45, 7) is 0. The van der Waals surface area contributed by atoms with Crippen LogP contribution in [0.4, 0.5) is 34.1 Å². The van der Waals surface area contributed by atoms with Gasteiger partial charge in [0.25, 0.3) is 0 Å². The Morgan fingerprint density at radius 2 is 0.548 bits per heavy atom. The molecule has 0 N–H and O–H groups in total. The number of hydrogen-bond acceptors (Lipinski definition) is 5. The molecular formula is C68H42N2O3. The van der Waals surface area contributed by atoms with Gasteiger partial charge in [-0.3, -0.25) is 0 Å². The van der Waals surface area contributed by atoms with Gasteiger partial charge in [0.05, 0.1) is 0 Å². The molecule has 0 fully saturated rings. The summed E-state index contributed by atoms with van der Waals surface area (Å²) < 4.78 is 20.5. The summed E-state index contributed by atoms with van der Waals surface area (Å²) in [4.78, 5) is 4.60. The van der Waals surface area contributed by atoms with Gasteiger partial charge in [0.15, 0.2) is 0 Å². The smallest absolute Gasteiger partial charge is 0.143 e. The van der Waals surface area contributed by atoms with Crippen LogP contribution in [0.25, 0.3) is 110 Å². The molecule has 0 aliphatic rings. The first-order valence-electron chi connectivity index (χ1n) is 24.7. The van der Waals surface area contributed by atoms with Crippen molar-refractivity contribution < 1.29 is 13.3 Å². The molecule has 3 aromatic heterocycles. The topological polar surface area (TPSA) is 45.9 Å². The molecule has 0 aliphatic carbocycles. The highest BCUT2D eigenvalue weighted by molar-refractivity contribution is 6.33. The summed E-state index contributed by atoms with van der Waals surface area (Å²) in [6.07, 6.45) is 0. The molecule has 15 aromatic rings. The van der Waals surface area contributed by atoms with Crippen LogP contribution in [-0.2, 0) is 0 Å². The molecular weight excluding hydrogens is 893 g/mol. The molecule has 5 heteroatoms. The molecule has 73 heavy (non-hydrogen) atoms. The third-order valence-electron chi connectivity index (χ3n) is 14.6. The maximum Gasteiger partial charge on any atom is 0.143 e. The fourth-order valence-corrected chi connectivity index (χ4v) is 11.4. The Hall–Kier alpha value is -9.84. The molecule has 3 heterocycles. The molecule has 0 radical (unpaired) electrons. The first-order valence-corrected chi connectivity index (χ1v) is 24.7. The van der Waals surface area contributed by atoms with E-state index < -0.39 is 0 Å². The zero-order valence-electron chi connectivity index (χ0n) is 39.4. The van der Waals surface area contributed by atoms with Gasteiger partial charge in [0, 0.05) is 88.0 Å². The van der Waals surface area contributed by atoms with Gasteiger partial charge in [-0.25, -0.2) is 0 Å². The predicted octanol–water partition coefficient (Wildman–Crippen LogP) is 20.0. The first kappa shape index (κ1) is 41.0. The quantitative estimate of drug-likeness (QED) is 0.152. The van der Waals surface area contributed by atoms with Crippen molar-refractivity contribution in [2.75, 3.05) is 9.80 Å². The first-order chi connectivity index (χ1) is 36.2. The minimum Gasteiger partial charge on any atom is -0.456 e. The van der Waals surface area contributed by atoms with Crippen molar-refractivity contribution in [1.29, 1.82) is 0 Å². The average Bonchev–Trinajstić information content (AvgIpc) is 4.16. The zero-order chi connectivity index (χ0) is 48.0. The van der Waals surface area contributed by atoms with E-state index in [4.69, 9.17) is 13.3 Å². The van der Waals surface area contributed by atoms with Crippen molar-refractivity contribution in [1.82, 2.24) is 0 Å². The van der Waals surface area contributed by atoms with Crippen LogP contribution in [0.5, 0.6) is 0 Å². The highest BCUT2D eigenvalue weighted by Gasteiger charge is 2.25. The van der Waals surface area contributed by atoms with Gasteiger partial charge in [0.1, 0.15) is 33.5 Å². The van der Waals surface area contributed by atoms with Crippen LogP contribution < -0.4 is 9.80 Å². The number of anilines is 6.